The van der Waals surface area contributed by atoms with Gasteiger partial charge < -0.3 is 9.84 Å². The number of aryl methyl sites for hydroxylation is 1. The lowest BCUT2D eigenvalue weighted by Crippen LogP contribution is -2.36. The molecule has 2 heterocycles. The molecule has 0 unspecified atom stereocenters. The van der Waals surface area contributed by atoms with Gasteiger partial charge in [0.05, 0.1) is 6.54 Å². The highest BCUT2D eigenvalue weighted by Crippen LogP contribution is 2.22. The maximum atomic E-state index is 5.54. The second kappa shape index (κ2) is 7.75. The molecule has 1 aliphatic heterocycles. The first kappa shape index (κ1) is 16.2. The molecule has 1 aromatic heterocycles. The van der Waals surface area contributed by atoms with E-state index in [0.29, 0.717) is 0 Å². The molecule has 0 saturated carbocycles. The molecule has 124 valence electrons. The molecule has 4 heteroatoms. The van der Waals surface area contributed by atoms with Crippen LogP contribution in [0.4, 0.5) is 0 Å². The molecule has 1 aliphatic rings. The minimum absolute atomic E-state index is 0.823. The Balaban J connectivity index is 1.53. The van der Waals surface area contributed by atoms with Gasteiger partial charge in [0.1, 0.15) is 5.69 Å². The zero-order valence-corrected chi connectivity index (χ0v) is 14.2. The fraction of sp³-hybridized carbons (Fsp3) is 0.526. The molecule has 0 spiro atoms. The van der Waals surface area contributed by atoms with Gasteiger partial charge in [0, 0.05) is 11.6 Å². The van der Waals surface area contributed by atoms with Crippen LogP contribution in [0.25, 0.3) is 11.3 Å². The van der Waals surface area contributed by atoms with Crippen molar-refractivity contribution in [3.8, 4) is 11.3 Å². The Morgan fingerprint density at radius 3 is 2.65 bits per heavy atom. The molecule has 23 heavy (non-hydrogen) atoms. The van der Waals surface area contributed by atoms with Gasteiger partial charge in [-0.2, -0.15) is 0 Å². The van der Waals surface area contributed by atoms with Crippen molar-refractivity contribution in [2.24, 2.45) is 5.92 Å². The van der Waals surface area contributed by atoms with Gasteiger partial charge in [0.2, 0.25) is 0 Å². The van der Waals surface area contributed by atoms with Crippen molar-refractivity contribution >= 4 is 0 Å². The van der Waals surface area contributed by atoms with E-state index in [2.05, 4.69) is 59.6 Å². The molecule has 1 aromatic carbocycles. The number of rotatable bonds is 6. The SMILES string of the molecule is CCNCC1CCN(Cc2cc(-c3ccc(C)cc3)no2)CC1. The van der Waals surface area contributed by atoms with E-state index in [9.17, 15) is 0 Å². The van der Waals surface area contributed by atoms with Crippen LogP contribution in [0.3, 0.4) is 0 Å². The summed E-state index contributed by atoms with van der Waals surface area (Å²) in [6, 6.07) is 10.5. The quantitative estimate of drug-likeness (QED) is 0.886. The van der Waals surface area contributed by atoms with Crippen LogP contribution < -0.4 is 5.32 Å². The number of hydrogen-bond acceptors (Lipinski definition) is 4. The largest absolute Gasteiger partial charge is 0.359 e. The molecule has 2 aromatic rings. The summed E-state index contributed by atoms with van der Waals surface area (Å²) >= 11 is 0. The maximum absolute atomic E-state index is 5.54. The van der Waals surface area contributed by atoms with E-state index in [1.165, 1.54) is 18.4 Å². The van der Waals surface area contributed by atoms with E-state index in [-0.39, 0.29) is 0 Å². The molecule has 0 radical (unpaired) electrons. The van der Waals surface area contributed by atoms with E-state index >= 15 is 0 Å². The Bertz CT molecular complexity index is 597. The van der Waals surface area contributed by atoms with Crippen LogP contribution in [0.5, 0.6) is 0 Å². The van der Waals surface area contributed by atoms with Gasteiger partial charge in [-0.1, -0.05) is 41.9 Å². The molecule has 1 saturated heterocycles. The Morgan fingerprint density at radius 2 is 1.96 bits per heavy atom. The highest BCUT2D eigenvalue weighted by atomic mass is 16.5. The van der Waals surface area contributed by atoms with Crippen LogP contribution in [0.15, 0.2) is 34.9 Å². The predicted molar refractivity (Wildman–Crippen MR) is 93.2 cm³/mol. The zero-order chi connectivity index (χ0) is 16.1. The second-order valence-electron chi connectivity index (χ2n) is 6.57. The summed E-state index contributed by atoms with van der Waals surface area (Å²) in [6.45, 7) is 9.66. The Hall–Kier alpha value is -1.65. The van der Waals surface area contributed by atoms with Crippen molar-refractivity contribution in [3.05, 3.63) is 41.7 Å². The topological polar surface area (TPSA) is 41.3 Å². The maximum Gasteiger partial charge on any atom is 0.151 e. The zero-order valence-electron chi connectivity index (χ0n) is 14.2. The molecule has 4 nitrogen and oxygen atoms in total. The second-order valence-corrected chi connectivity index (χ2v) is 6.57. The number of piperidine rings is 1. The third-order valence-electron chi connectivity index (χ3n) is 4.68. The van der Waals surface area contributed by atoms with Crippen LogP contribution >= 0.6 is 0 Å². The molecular weight excluding hydrogens is 286 g/mol. The van der Waals surface area contributed by atoms with Gasteiger partial charge in [0.15, 0.2) is 5.76 Å². The first-order valence-electron chi connectivity index (χ1n) is 8.70. The third kappa shape index (κ3) is 4.43. The summed E-state index contributed by atoms with van der Waals surface area (Å²) in [7, 11) is 0. The van der Waals surface area contributed by atoms with E-state index < -0.39 is 0 Å². The highest BCUT2D eigenvalue weighted by Gasteiger charge is 2.20. The first-order valence-corrected chi connectivity index (χ1v) is 8.70. The lowest BCUT2D eigenvalue weighted by molar-refractivity contribution is 0.160. The summed E-state index contributed by atoms with van der Waals surface area (Å²) in [5.41, 5.74) is 3.31. The molecule has 0 aliphatic carbocycles. The minimum atomic E-state index is 0.823. The number of benzene rings is 1. The molecule has 0 bridgehead atoms. The number of aromatic nitrogens is 1. The summed E-state index contributed by atoms with van der Waals surface area (Å²) in [6.07, 6.45) is 2.54. The molecule has 1 N–H and O–H groups in total. The van der Waals surface area contributed by atoms with Gasteiger partial charge in [0.25, 0.3) is 0 Å². The fourth-order valence-electron chi connectivity index (χ4n) is 3.17. The first-order chi connectivity index (χ1) is 11.2. The van der Waals surface area contributed by atoms with E-state index in [1.807, 2.05) is 0 Å². The molecular formula is C19H27N3O. The van der Waals surface area contributed by atoms with Crippen molar-refractivity contribution in [2.45, 2.75) is 33.2 Å². The Kier molecular flexibility index (Phi) is 5.47. The number of nitrogens with zero attached hydrogens (tertiary/aromatic N) is 2. The normalized spacial score (nSPS) is 16.8. The monoisotopic (exact) mass is 313 g/mol. The summed E-state index contributed by atoms with van der Waals surface area (Å²) < 4.78 is 5.54. The smallest absolute Gasteiger partial charge is 0.151 e. The number of likely N-dealkylation sites (tertiary alicyclic amines) is 1. The lowest BCUT2D eigenvalue weighted by atomic mass is 9.96. The lowest BCUT2D eigenvalue weighted by Gasteiger charge is -2.31. The summed E-state index contributed by atoms with van der Waals surface area (Å²) in [5, 5.41) is 7.69. The van der Waals surface area contributed by atoms with Gasteiger partial charge >= 0.3 is 0 Å². The van der Waals surface area contributed by atoms with Gasteiger partial charge in [-0.15, -0.1) is 0 Å². The average molecular weight is 313 g/mol. The highest BCUT2D eigenvalue weighted by molar-refractivity contribution is 5.59. The van der Waals surface area contributed by atoms with Crippen molar-refractivity contribution in [1.29, 1.82) is 0 Å². The van der Waals surface area contributed by atoms with Crippen molar-refractivity contribution < 1.29 is 4.52 Å². The minimum Gasteiger partial charge on any atom is -0.359 e. The van der Waals surface area contributed by atoms with Crippen LogP contribution in [0.2, 0.25) is 0 Å². The van der Waals surface area contributed by atoms with Crippen LogP contribution in [0, 0.1) is 12.8 Å². The van der Waals surface area contributed by atoms with E-state index in [4.69, 9.17) is 4.52 Å². The van der Waals surface area contributed by atoms with E-state index in [1.54, 1.807) is 0 Å². The van der Waals surface area contributed by atoms with Crippen LogP contribution in [-0.4, -0.2) is 36.2 Å². The van der Waals surface area contributed by atoms with Crippen molar-refractivity contribution in [1.82, 2.24) is 15.4 Å². The van der Waals surface area contributed by atoms with Gasteiger partial charge in [-0.3, -0.25) is 4.90 Å². The van der Waals surface area contributed by atoms with Crippen molar-refractivity contribution in [3.63, 3.8) is 0 Å². The third-order valence-corrected chi connectivity index (χ3v) is 4.68. The van der Waals surface area contributed by atoms with Crippen molar-refractivity contribution in [2.75, 3.05) is 26.2 Å². The molecule has 0 atom stereocenters. The van der Waals surface area contributed by atoms with E-state index in [0.717, 1.165) is 55.7 Å². The predicted octanol–water partition coefficient (Wildman–Crippen LogP) is 3.47. The average Bonchev–Trinajstić information content (AvgIpc) is 3.03. The van der Waals surface area contributed by atoms with Gasteiger partial charge in [-0.05, 0) is 51.9 Å². The Labute approximate surface area is 138 Å². The summed E-state index contributed by atoms with van der Waals surface area (Å²) in [5.74, 6) is 1.79. The van der Waals surface area contributed by atoms with Crippen LogP contribution in [0.1, 0.15) is 31.1 Å². The summed E-state index contributed by atoms with van der Waals surface area (Å²) in [4.78, 5) is 2.47. The molecule has 0 amide bonds. The fourth-order valence-corrected chi connectivity index (χ4v) is 3.17. The number of nitrogens with one attached hydrogen (secondary N) is 1. The molecule has 1 fully saturated rings. The van der Waals surface area contributed by atoms with Gasteiger partial charge in [-0.25, -0.2) is 0 Å². The van der Waals surface area contributed by atoms with Crippen LogP contribution in [-0.2, 0) is 6.54 Å². The Morgan fingerprint density at radius 1 is 1.22 bits per heavy atom. The molecule has 3 rings (SSSR count). The standard InChI is InChI=1S/C19H27N3O/c1-3-20-13-16-8-10-22(11-9-16)14-18-12-19(21-23-18)17-6-4-15(2)5-7-17/h4-7,12,16,20H,3,8-11,13-14H2,1-2H3. The number of hydrogen-bond donors (Lipinski definition) is 1.